The minimum Gasteiger partial charge on any atom is -0.383 e. The first-order chi connectivity index (χ1) is 13.8. The van der Waals surface area contributed by atoms with Crippen LogP contribution < -0.4 is 10.6 Å². The van der Waals surface area contributed by atoms with E-state index in [2.05, 4.69) is 10.6 Å². The average Bonchev–Trinajstić information content (AvgIpc) is 2.70. The number of rotatable bonds is 10. The van der Waals surface area contributed by atoms with Gasteiger partial charge in [-0.2, -0.15) is 0 Å². The molecule has 0 saturated carbocycles. The molecule has 0 unspecified atom stereocenters. The van der Waals surface area contributed by atoms with E-state index in [0.717, 1.165) is 17.7 Å². The number of nitrogens with one attached hydrogen (secondary N) is 2. The summed E-state index contributed by atoms with van der Waals surface area (Å²) in [6.45, 7) is 2.40. The Labute approximate surface area is 176 Å². The second-order valence-electron chi connectivity index (χ2n) is 6.94. The third-order valence-electron chi connectivity index (χ3n) is 4.71. The monoisotopic (exact) mass is 443 g/mol. The van der Waals surface area contributed by atoms with Crippen molar-refractivity contribution in [3.8, 4) is 0 Å². The molecule has 0 aliphatic carbocycles. The smallest absolute Gasteiger partial charge is 0.252 e. The van der Waals surface area contributed by atoms with Crippen LogP contribution in [0.2, 0.25) is 0 Å². The van der Waals surface area contributed by atoms with Gasteiger partial charge in [-0.05, 0) is 30.9 Å². The average molecular weight is 444 g/mol. The van der Waals surface area contributed by atoms with E-state index in [1.165, 1.54) is 22.3 Å². The third-order valence-corrected chi connectivity index (χ3v) is 7.09. The maximum absolute atomic E-state index is 12.6. The van der Waals surface area contributed by atoms with Gasteiger partial charge in [0.15, 0.2) is 0 Å². The largest absolute Gasteiger partial charge is 0.383 e. The molecule has 0 atom stereocenters. The summed E-state index contributed by atoms with van der Waals surface area (Å²) < 4.78 is 29.5. The minimum atomic E-state index is -3.15. The number of hydrogen-bond donors (Lipinski definition) is 2. The van der Waals surface area contributed by atoms with E-state index in [-0.39, 0.29) is 23.5 Å². The number of carbonyl (C=O) groups excluding carboxylic acids is 2. The van der Waals surface area contributed by atoms with Crippen LogP contribution in [0.4, 0.5) is 0 Å². The van der Waals surface area contributed by atoms with Crippen molar-refractivity contribution in [1.82, 2.24) is 14.9 Å². The van der Waals surface area contributed by atoms with Crippen molar-refractivity contribution in [3.63, 3.8) is 0 Å². The minimum absolute atomic E-state index is 0.111. The number of ether oxygens (including phenoxy) is 1. The summed E-state index contributed by atoms with van der Waals surface area (Å²) in [6.07, 6.45) is 2.68. The van der Waals surface area contributed by atoms with Gasteiger partial charge in [-0.3, -0.25) is 9.59 Å². The summed E-state index contributed by atoms with van der Waals surface area (Å²) in [7, 11) is -1.57. The zero-order valence-corrected chi connectivity index (χ0v) is 18.5. The lowest BCUT2D eigenvalue weighted by molar-refractivity contribution is -0.118. The number of benzene rings is 1. The van der Waals surface area contributed by atoms with E-state index < -0.39 is 10.0 Å². The summed E-state index contributed by atoms with van der Waals surface area (Å²) in [4.78, 5) is 25.3. The number of sulfonamides is 1. The van der Waals surface area contributed by atoms with Crippen molar-refractivity contribution in [2.45, 2.75) is 17.7 Å². The first kappa shape index (κ1) is 23.7. The number of carbonyl (C=O) groups is 2. The molecule has 0 aromatic heterocycles. The number of nitrogens with zero attached hydrogens (tertiary/aromatic N) is 1. The van der Waals surface area contributed by atoms with Crippen LogP contribution in [-0.2, 0) is 19.6 Å². The molecule has 8 nitrogen and oxygen atoms in total. The molecule has 29 heavy (non-hydrogen) atoms. The molecule has 1 aliphatic heterocycles. The second kappa shape index (κ2) is 11.5. The van der Waals surface area contributed by atoms with Crippen molar-refractivity contribution in [1.29, 1.82) is 0 Å². The first-order valence-electron chi connectivity index (χ1n) is 9.52. The van der Waals surface area contributed by atoms with E-state index in [1.807, 2.05) is 12.1 Å². The summed E-state index contributed by atoms with van der Waals surface area (Å²) >= 11 is 1.32. The SMILES string of the molecule is COCCNC(=O)CSc1ccccc1C(=O)NCC1CCN(S(C)(=O)=O)CC1. The Hall–Kier alpha value is -1.62. The Balaban J connectivity index is 1.83. The van der Waals surface area contributed by atoms with Crippen LogP contribution in [0.25, 0.3) is 0 Å². The maximum atomic E-state index is 12.6. The predicted octanol–water partition coefficient (Wildman–Crippen LogP) is 0.943. The molecule has 1 saturated heterocycles. The zero-order valence-electron chi connectivity index (χ0n) is 16.8. The van der Waals surface area contributed by atoms with E-state index in [4.69, 9.17) is 4.74 Å². The lowest BCUT2D eigenvalue weighted by atomic mass is 9.98. The molecule has 10 heteroatoms. The molecule has 162 valence electrons. The number of methoxy groups -OCH3 is 1. The first-order valence-corrected chi connectivity index (χ1v) is 12.4. The highest BCUT2D eigenvalue weighted by molar-refractivity contribution is 8.00. The van der Waals surface area contributed by atoms with Crippen molar-refractivity contribution in [2.24, 2.45) is 5.92 Å². The highest BCUT2D eigenvalue weighted by Crippen LogP contribution is 2.23. The predicted molar refractivity (Wildman–Crippen MR) is 114 cm³/mol. The molecular formula is C19H29N3O5S2. The summed E-state index contributed by atoms with van der Waals surface area (Å²) in [6, 6.07) is 7.20. The maximum Gasteiger partial charge on any atom is 0.252 e. The fraction of sp³-hybridized carbons (Fsp3) is 0.579. The van der Waals surface area contributed by atoms with Crippen molar-refractivity contribution in [3.05, 3.63) is 29.8 Å². The number of amides is 2. The lowest BCUT2D eigenvalue weighted by Crippen LogP contribution is -2.41. The molecule has 2 amide bonds. The van der Waals surface area contributed by atoms with Gasteiger partial charge in [0.05, 0.1) is 24.2 Å². The van der Waals surface area contributed by atoms with Gasteiger partial charge in [-0.1, -0.05) is 12.1 Å². The van der Waals surface area contributed by atoms with E-state index in [0.29, 0.717) is 38.3 Å². The van der Waals surface area contributed by atoms with Crippen LogP contribution in [-0.4, -0.2) is 76.4 Å². The zero-order chi connectivity index (χ0) is 21.3. The standard InChI is InChI=1S/C19H29N3O5S2/c1-27-12-9-20-18(23)14-28-17-6-4-3-5-16(17)19(24)21-13-15-7-10-22(11-8-15)29(2,25)26/h3-6,15H,7-14H2,1-2H3,(H,20,23)(H,21,24). The summed E-state index contributed by atoms with van der Waals surface area (Å²) in [5.74, 6) is 0.180. The fourth-order valence-corrected chi connectivity index (χ4v) is 4.80. The summed E-state index contributed by atoms with van der Waals surface area (Å²) in [5, 5.41) is 5.71. The molecule has 0 bridgehead atoms. The Kier molecular flexibility index (Phi) is 9.41. The lowest BCUT2D eigenvalue weighted by Gasteiger charge is -2.30. The van der Waals surface area contributed by atoms with Gasteiger partial charge in [0, 0.05) is 38.2 Å². The van der Waals surface area contributed by atoms with Crippen molar-refractivity contribution >= 4 is 33.6 Å². The molecule has 0 spiro atoms. The van der Waals surface area contributed by atoms with E-state index >= 15 is 0 Å². The van der Waals surface area contributed by atoms with E-state index in [1.54, 1.807) is 19.2 Å². The highest BCUT2D eigenvalue weighted by atomic mass is 32.2. The van der Waals surface area contributed by atoms with Gasteiger partial charge in [-0.25, -0.2) is 12.7 Å². The van der Waals surface area contributed by atoms with Gasteiger partial charge < -0.3 is 15.4 Å². The van der Waals surface area contributed by atoms with Gasteiger partial charge >= 0.3 is 0 Å². The normalized spacial score (nSPS) is 15.8. The van der Waals surface area contributed by atoms with Crippen LogP contribution in [0.15, 0.2) is 29.2 Å². The van der Waals surface area contributed by atoms with Crippen molar-refractivity contribution < 1.29 is 22.7 Å². The van der Waals surface area contributed by atoms with Crippen LogP contribution in [0.5, 0.6) is 0 Å². The number of hydrogen-bond acceptors (Lipinski definition) is 6. The van der Waals surface area contributed by atoms with Crippen LogP contribution >= 0.6 is 11.8 Å². The molecule has 2 N–H and O–H groups in total. The number of thioether (sulfide) groups is 1. The Morgan fingerprint density at radius 1 is 1.21 bits per heavy atom. The molecule has 1 aliphatic rings. The molecule has 2 rings (SSSR count). The van der Waals surface area contributed by atoms with E-state index in [9.17, 15) is 18.0 Å². The topological polar surface area (TPSA) is 105 Å². The quantitative estimate of drug-likeness (QED) is 0.412. The van der Waals surface area contributed by atoms with Crippen LogP contribution in [0.1, 0.15) is 23.2 Å². The molecule has 1 aromatic rings. The van der Waals surface area contributed by atoms with Gasteiger partial charge in [0.2, 0.25) is 15.9 Å². The fourth-order valence-electron chi connectivity index (χ4n) is 3.04. The Bertz CT molecular complexity index is 793. The van der Waals surface area contributed by atoms with Crippen molar-refractivity contribution in [2.75, 3.05) is 51.9 Å². The second-order valence-corrected chi connectivity index (χ2v) is 9.94. The van der Waals surface area contributed by atoms with Gasteiger partial charge in [0.25, 0.3) is 5.91 Å². The molecule has 0 radical (unpaired) electrons. The van der Waals surface area contributed by atoms with Gasteiger partial charge in [-0.15, -0.1) is 11.8 Å². The molecule has 1 aromatic carbocycles. The Morgan fingerprint density at radius 2 is 1.90 bits per heavy atom. The number of piperidine rings is 1. The van der Waals surface area contributed by atoms with Gasteiger partial charge in [0.1, 0.15) is 0 Å². The molecule has 1 fully saturated rings. The van der Waals surface area contributed by atoms with Crippen LogP contribution in [0, 0.1) is 5.92 Å². The molecule has 1 heterocycles. The summed E-state index contributed by atoms with van der Waals surface area (Å²) in [5.41, 5.74) is 0.538. The Morgan fingerprint density at radius 3 is 2.55 bits per heavy atom. The van der Waals surface area contributed by atoms with Crippen LogP contribution in [0.3, 0.4) is 0 Å². The molecular weight excluding hydrogens is 414 g/mol. The third kappa shape index (κ3) is 7.96. The highest BCUT2D eigenvalue weighted by Gasteiger charge is 2.25.